The maximum atomic E-state index is 13.5. The van der Waals surface area contributed by atoms with Crippen molar-refractivity contribution in [2.75, 3.05) is 20.3 Å². The minimum Gasteiger partial charge on any atom is -0.497 e. The molecular weight excluding hydrogens is 428 g/mol. The average Bonchev–Trinajstić information content (AvgIpc) is 3.30. The Kier molecular flexibility index (Phi) is 6.37. The Hall–Kier alpha value is -2.68. The van der Waals surface area contributed by atoms with E-state index in [0.29, 0.717) is 17.9 Å². The highest BCUT2D eigenvalue weighted by Crippen LogP contribution is 2.25. The van der Waals surface area contributed by atoms with E-state index in [1.807, 2.05) is 32.0 Å². The van der Waals surface area contributed by atoms with E-state index in [1.54, 1.807) is 12.1 Å². The van der Waals surface area contributed by atoms with Gasteiger partial charge >= 0.3 is 0 Å². The van der Waals surface area contributed by atoms with Crippen LogP contribution in [0.5, 0.6) is 5.75 Å². The van der Waals surface area contributed by atoms with Crippen molar-refractivity contribution < 1.29 is 17.9 Å². The van der Waals surface area contributed by atoms with Crippen molar-refractivity contribution in [1.29, 1.82) is 0 Å². The summed E-state index contributed by atoms with van der Waals surface area (Å²) in [5.74, 6) is 0.575. The Morgan fingerprint density at radius 2 is 1.84 bits per heavy atom. The summed E-state index contributed by atoms with van der Waals surface area (Å²) >= 11 is 0. The molecule has 1 saturated heterocycles. The van der Waals surface area contributed by atoms with E-state index in [2.05, 4.69) is 4.98 Å². The first-order chi connectivity index (χ1) is 15.3. The standard InChI is InChI=1S/C24H28N2O5S/c1-16-6-7-17(2)23-22(16)13-18(24(27)25-23)14-26(15-20-5-4-12-31-20)32(28,29)21-10-8-19(30-3)9-11-21/h6-11,13,20H,4-5,12,14-15H2,1-3H3,(H,25,27). The summed E-state index contributed by atoms with van der Waals surface area (Å²) in [6.07, 6.45) is 1.50. The number of pyridine rings is 1. The van der Waals surface area contributed by atoms with E-state index in [0.717, 1.165) is 34.9 Å². The van der Waals surface area contributed by atoms with Crippen LogP contribution in [0.3, 0.4) is 0 Å². The molecule has 0 spiro atoms. The van der Waals surface area contributed by atoms with Crippen molar-refractivity contribution in [2.24, 2.45) is 0 Å². The Morgan fingerprint density at radius 3 is 2.50 bits per heavy atom. The molecule has 4 rings (SSSR count). The van der Waals surface area contributed by atoms with Crippen LogP contribution in [-0.4, -0.2) is 44.1 Å². The Morgan fingerprint density at radius 1 is 1.12 bits per heavy atom. The molecule has 7 nitrogen and oxygen atoms in total. The minimum absolute atomic E-state index is 0.0348. The number of sulfonamides is 1. The summed E-state index contributed by atoms with van der Waals surface area (Å²) in [7, 11) is -2.32. The van der Waals surface area contributed by atoms with E-state index >= 15 is 0 Å². The Balaban J connectivity index is 1.74. The first-order valence-electron chi connectivity index (χ1n) is 10.7. The van der Waals surface area contributed by atoms with Crippen LogP contribution in [0.25, 0.3) is 10.9 Å². The van der Waals surface area contributed by atoms with E-state index in [-0.39, 0.29) is 29.6 Å². The fourth-order valence-electron chi connectivity index (χ4n) is 4.09. The van der Waals surface area contributed by atoms with Gasteiger partial charge in [0.25, 0.3) is 5.56 Å². The zero-order valence-electron chi connectivity index (χ0n) is 18.6. The van der Waals surface area contributed by atoms with Crippen molar-refractivity contribution in [1.82, 2.24) is 9.29 Å². The van der Waals surface area contributed by atoms with Gasteiger partial charge < -0.3 is 14.5 Å². The monoisotopic (exact) mass is 456 g/mol. The average molecular weight is 457 g/mol. The molecule has 170 valence electrons. The first kappa shape index (κ1) is 22.5. The Bertz CT molecular complexity index is 1280. The van der Waals surface area contributed by atoms with Crippen molar-refractivity contribution in [3.8, 4) is 5.75 Å². The van der Waals surface area contributed by atoms with Crippen molar-refractivity contribution in [3.05, 3.63) is 69.5 Å². The number of hydrogen-bond acceptors (Lipinski definition) is 5. The molecule has 0 aliphatic carbocycles. The highest BCUT2D eigenvalue weighted by Gasteiger charge is 2.30. The number of H-pyrrole nitrogens is 1. The summed E-state index contributed by atoms with van der Waals surface area (Å²) in [4.78, 5) is 16.0. The number of benzene rings is 2. The molecule has 0 saturated carbocycles. The Labute approximate surface area is 188 Å². The first-order valence-corrected chi connectivity index (χ1v) is 12.1. The molecule has 1 aliphatic rings. The number of hydrogen-bond donors (Lipinski definition) is 1. The van der Waals surface area contributed by atoms with Gasteiger partial charge in [0.05, 0.1) is 23.6 Å². The molecule has 2 aromatic carbocycles. The van der Waals surface area contributed by atoms with Crippen LogP contribution in [0.1, 0.15) is 29.5 Å². The molecule has 1 unspecified atom stereocenters. The van der Waals surface area contributed by atoms with Crippen LogP contribution >= 0.6 is 0 Å². The van der Waals surface area contributed by atoms with Gasteiger partial charge in [-0.1, -0.05) is 12.1 Å². The number of fused-ring (bicyclic) bond motifs is 1. The van der Waals surface area contributed by atoms with Crippen molar-refractivity contribution in [2.45, 2.75) is 44.2 Å². The van der Waals surface area contributed by atoms with Gasteiger partial charge in [-0.2, -0.15) is 4.31 Å². The molecule has 1 atom stereocenters. The molecule has 1 aromatic heterocycles. The topological polar surface area (TPSA) is 88.7 Å². The lowest BCUT2D eigenvalue weighted by molar-refractivity contribution is 0.0925. The third-order valence-electron chi connectivity index (χ3n) is 6.00. The van der Waals surface area contributed by atoms with E-state index in [9.17, 15) is 13.2 Å². The molecule has 2 heterocycles. The number of aryl methyl sites for hydroxylation is 2. The summed E-state index contributed by atoms with van der Waals surface area (Å²) < 4.78 is 39.3. The molecule has 0 bridgehead atoms. The van der Waals surface area contributed by atoms with Crippen LogP contribution in [0.15, 0.2) is 52.2 Å². The fraction of sp³-hybridized carbons (Fsp3) is 0.375. The van der Waals surface area contributed by atoms with Crippen molar-refractivity contribution >= 4 is 20.9 Å². The second-order valence-electron chi connectivity index (χ2n) is 8.22. The number of aromatic amines is 1. The van der Waals surface area contributed by atoms with E-state index < -0.39 is 10.0 Å². The number of aromatic nitrogens is 1. The minimum atomic E-state index is -3.86. The van der Waals surface area contributed by atoms with Crippen LogP contribution in [0, 0.1) is 13.8 Å². The lowest BCUT2D eigenvalue weighted by Gasteiger charge is -2.25. The number of nitrogens with zero attached hydrogens (tertiary/aromatic N) is 1. The number of rotatable bonds is 7. The van der Waals surface area contributed by atoms with Gasteiger partial charge in [-0.05, 0) is 68.1 Å². The highest BCUT2D eigenvalue weighted by atomic mass is 32.2. The zero-order valence-corrected chi connectivity index (χ0v) is 19.4. The summed E-state index contributed by atoms with van der Waals surface area (Å²) in [5.41, 5.74) is 2.89. The zero-order chi connectivity index (χ0) is 22.9. The number of ether oxygens (including phenoxy) is 2. The number of methoxy groups -OCH3 is 1. The molecule has 1 fully saturated rings. The lowest BCUT2D eigenvalue weighted by atomic mass is 10.0. The van der Waals surface area contributed by atoms with Gasteiger partial charge in [0.2, 0.25) is 10.0 Å². The third-order valence-corrected chi connectivity index (χ3v) is 7.82. The maximum absolute atomic E-state index is 13.5. The van der Waals surface area contributed by atoms with Crippen LogP contribution < -0.4 is 10.3 Å². The third kappa shape index (κ3) is 4.44. The van der Waals surface area contributed by atoms with Gasteiger partial charge in [0.1, 0.15) is 5.75 Å². The largest absolute Gasteiger partial charge is 0.497 e. The van der Waals surface area contributed by atoms with Crippen LogP contribution in [0.2, 0.25) is 0 Å². The summed E-state index contributed by atoms with van der Waals surface area (Å²) in [6, 6.07) is 12.0. The van der Waals surface area contributed by atoms with E-state index in [1.165, 1.54) is 23.5 Å². The normalized spacial score (nSPS) is 16.7. The summed E-state index contributed by atoms with van der Waals surface area (Å²) in [6.45, 7) is 4.69. The molecule has 1 aliphatic heterocycles. The van der Waals surface area contributed by atoms with Crippen LogP contribution in [-0.2, 0) is 21.3 Å². The second kappa shape index (κ2) is 9.05. The van der Waals surface area contributed by atoms with Gasteiger partial charge in [0.15, 0.2) is 0 Å². The molecule has 0 amide bonds. The van der Waals surface area contributed by atoms with Crippen LogP contribution in [0.4, 0.5) is 0 Å². The SMILES string of the molecule is COc1ccc(S(=O)(=O)N(Cc2cc3c(C)ccc(C)c3[nH]c2=O)CC2CCCO2)cc1. The molecule has 8 heteroatoms. The smallest absolute Gasteiger partial charge is 0.252 e. The lowest BCUT2D eigenvalue weighted by Crippen LogP contribution is -2.38. The highest BCUT2D eigenvalue weighted by molar-refractivity contribution is 7.89. The van der Waals surface area contributed by atoms with Gasteiger partial charge in [-0.3, -0.25) is 4.79 Å². The van der Waals surface area contributed by atoms with Gasteiger partial charge in [0, 0.05) is 30.6 Å². The maximum Gasteiger partial charge on any atom is 0.252 e. The second-order valence-corrected chi connectivity index (χ2v) is 10.2. The fourth-order valence-corrected chi connectivity index (χ4v) is 5.54. The molecule has 0 radical (unpaired) electrons. The quantitative estimate of drug-likeness (QED) is 0.588. The summed E-state index contributed by atoms with van der Waals surface area (Å²) in [5, 5.41) is 0.915. The van der Waals surface area contributed by atoms with E-state index in [4.69, 9.17) is 9.47 Å². The van der Waals surface area contributed by atoms with Crippen molar-refractivity contribution in [3.63, 3.8) is 0 Å². The van der Waals surface area contributed by atoms with Gasteiger partial charge in [-0.15, -0.1) is 0 Å². The predicted octanol–water partition coefficient (Wildman–Crippen LogP) is 3.52. The molecule has 1 N–H and O–H groups in total. The molecule has 32 heavy (non-hydrogen) atoms. The van der Waals surface area contributed by atoms with Gasteiger partial charge in [-0.25, -0.2) is 8.42 Å². The molecular formula is C24H28N2O5S. The predicted molar refractivity (Wildman–Crippen MR) is 124 cm³/mol. The molecule has 3 aromatic rings. The number of nitrogens with one attached hydrogen (secondary N) is 1.